The molecule has 1 saturated carbocycles. The van der Waals surface area contributed by atoms with Gasteiger partial charge in [-0.05, 0) is 46.0 Å². The molecule has 1 amide bonds. The second kappa shape index (κ2) is 3.37. The predicted molar refractivity (Wildman–Crippen MR) is 62.8 cm³/mol. The van der Waals surface area contributed by atoms with E-state index >= 15 is 0 Å². The maximum absolute atomic E-state index is 11.9. The molecule has 0 unspecified atom stereocenters. The number of ether oxygens (including phenoxy) is 2. The fraction of sp³-hybridized carbons (Fsp3) is 0.923. The second-order valence-corrected chi connectivity index (χ2v) is 6.51. The molecular formula is C13H21NO3. The lowest BCUT2D eigenvalue weighted by Crippen LogP contribution is -2.45. The van der Waals surface area contributed by atoms with E-state index in [9.17, 15) is 4.79 Å². The van der Waals surface area contributed by atoms with Crippen LogP contribution in [-0.4, -0.2) is 41.4 Å². The van der Waals surface area contributed by atoms with Gasteiger partial charge in [-0.15, -0.1) is 0 Å². The molecule has 1 aliphatic carbocycles. The van der Waals surface area contributed by atoms with Gasteiger partial charge in [0.25, 0.3) is 0 Å². The SMILES string of the molecule is CC(C)(C)OC(=O)N1CC[C@]2(C3CC3)O[C@H]2C1. The first-order valence-electron chi connectivity index (χ1n) is 6.56. The molecule has 4 nitrogen and oxygen atoms in total. The smallest absolute Gasteiger partial charge is 0.410 e. The molecule has 3 fully saturated rings. The van der Waals surface area contributed by atoms with Gasteiger partial charge in [0.05, 0.1) is 6.54 Å². The Morgan fingerprint density at radius 3 is 2.65 bits per heavy atom. The van der Waals surface area contributed by atoms with Crippen molar-refractivity contribution in [2.75, 3.05) is 13.1 Å². The van der Waals surface area contributed by atoms with Gasteiger partial charge in [-0.3, -0.25) is 0 Å². The van der Waals surface area contributed by atoms with E-state index in [0.29, 0.717) is 6.54 Å². The van der Waals surface area contributed by atoms with Crippen LogP contribution in [0.2, 0.25) is 0 Å². The molecule has 96 valence electrons. The number of carbonyl (C=O) groups is 1. The van der Waals surface area contributed by atoms with Gasteiger partial charge in [0.2, 0.25) is 0 Å². The van der Waals surface area contributed by atoms with E-state index in [4.69, 9.17) is 9.47 Å². The number of rotatable bonds is 1. The number of nitrogens with zero attached hydrogens (tertiary/aromatic N) is 1. The number of likely N-dealkylation sites (tertiary alicyclic amines) is 1. The minimum Gasteiger partial charge on any atom is -0.444 e. The molecule has 3 aliphatic rings. The Morgan fingerprint density at radius 2 is 2.12 bits per heavy atom. The lowest BCUT2D eigenvalue weighted by molar-refractivity contribution is 0.0215. The molecule has 3 rings (SSSR count). The predicted octanol–water partition coefficient (Wildman–Crippen LogP) is 2.17. The van der Waals surface area contributed by atoms with Crippen LogP contribution in [-0.2, 0) is 9.47 Å². The molecule has 0 N–H and O–H groups in total. The average molecular weight is 239 g/mol. The zero-order valence-corrected chi connectivity index (χ0v) is 10.9. The van der Waals surface area contributed by atoms with Crippen LogP contribution in [0.5, 0.6) is 0 Å². The summed E-state index contributed by atoms with van der Waals surface area (Å²) in [6.07, 6.45) is 3.68. The summed E-state index contributed by atoms with van der Waals surface area (Å²) >= 11 is 0. The maximum Gasteiger partial charge on any atom is 0.410 e. The van der Waals surface area contributed by atoms with Gasteiger partial charge in [0.15, 0.2) is 0 Å². The molecule has 0 aromatic carbocycles. The van der Waals surface area contributed by atoms with Crippen molar-refractivity contribution in [3.05, 3.63) is 0 Å². The third kappa shape index (κ3) is 2.03. The van der Waals surface area contributed by atoms with Crippen LogP contribution in [0, 0.1) is 5.92 Å². The van der Waals surface area contributed by atoms with E-state index in [-0.39, 0.29) is 17.8 Å². The van der Waals surface area contributed by atoms with Gasteiger partial charge in [-0.25, -0.2) is 4.79 Å². The number of amides is 1. The fourth-order valence-electron chi connectivity index (χ4n) is 2.87. The van der Waals surface area contributed by atoms with E-state index in [1.807, 2.05) is 20.8 Å². The van der Waals surface area contributed by atoms with E-state index in [0.717, 1.165) is 18.9 Å². The minimum atomic E-state index is -0.410. The molecule has 2 aliphatic heterocycles. The molecule has 4 heteroatoms. The molecule has 2 saturated heterocycles. The maximum atomic E-state index is 11.9. The highest BCUT2D eigenvalue weighted by Gasteiger charge is 2.66. The Balaban J connectivity index is 1.56. The van der Waals surface area contributed by atoms with Crippen LogP contribution >= 0.6 is 0 Å². The van der Waals surface area contributed by atoms with Gasteiger partial charge < -0.3 is 14.4 Å². The topological polar surface area (TPSA) is 42.1 Å². The van der Waals surface area contributed by atoms with E-state index < -0.39 is 5.60 Å². The van der Waals surface area contributed by atoms with Crippen LogP contribution in [0.15, 0.2) is 0 Å². The molecule has 2 heterocycles. The van der Waals surface area contributed by atoms with Crippen molar-refractivity contribution in [1.82, 2.24) is 4.90 Å². The highest BCUT2D eigenvalue weighted by atomic mass is 16.6. The molecule has 0 spiro atoms. The van der Waals surface area contributed by atoms with E-state index in [2.05, 4.69) is 0 Å². The summed E-state index contributed by atoms with van der Waals surface area (Å²) in [6, 6.07) is 0. The van der Waals surface area contributed by atoms with Crippen molar-refractivity contribution in [3.8, 4) is 0 Å². The third-order valence-corrected chi connectivity index (χ3v) is 3.93. The molecule has 0 aromatic heterocycles. The highest BCUT2D eigenvalue weighted by molar-refractivity contribution is 5.68. The first kappa shape index (κ1) is 11.3. The molecule has 0 aromatic rings. The molecule has 17 heavy (non-hydrogen) atoms. The summed E-state index contributed by atoms with van der Waals surface area (Å²) in [5.41, 5.74) is -0.259. The summed E-state index contributed by atoms with van der Waals surface area (Å²) in [5, 5.41) is 0. The number of carbonyl (C=O) groups excluding carboxylic acids is 1. The normalized spacial score (nSPS) is 36.4. The lowest BCUT2D eigenvalue weighted by Gasteiger charge is -2.30. The number of fused-ring (bicyclic) bond motifs is 1. The van der Waals surface area contributed by atoms with Crippen molar-refractivity contribution in [1.29, 1.82) is 0 Å². The monoisotopic (exact) mass is 239 g/mol. The van der Waals surface area contributed by atoms with Crippen molar-refractivity contribution >= 4 is 6.09 Å². The Hall–Kier alpha value is -0.770. The van der Waals surface area contributed by atoms with Crippen LogP contribution in [0.3, 0.4) is 0 Å². The Morgan fingerprint density at radius 1 is 1.41 bits per heavy atom. The van der Waals surface area contributed by atoms with Crippen LogP contribution in [0.25, 0.3) is 0 Å². The zero-order chi connectivity index (χ0) is 12.3. The lowest BCUT2D eigenvalue weighted by atomic mass is 9.92. The zero-order valence-electron chi connectivity index (χ0n) is 10.9. The molecule has 2 atom stereocenters. The van der Waals surface area contributed by atoms with E-state index in [1.165, 1.54) is 12.8 Å². The first-order chi connectivity index (χ1) is 7.91. The molecule has 0 bridgehead atoms. The highest BCUT2D eigenvalue weighted by Crippen LogP contribution is 2.57. The van der Waals surface area contributed by atoms with Gasteiger partial charge in [0, 0.05) is 6.54 Å². The average Bonchev–Trinajstić information content (AvgIpc) is 3.08. The van der Waals surface area contributed by atoms with Gasteiger partial charge in [-0.2, -0.15) is 0 Å². The van der Waals surface area contributed by atoms with Crippen molar-refractivity contribution < 1.29 is 14.3 Å². The second-order valence-electron chi connectivity index (χ2n) is 6.51. The van der Waals surface area contributed by atoms with Gasteiger partial charge in [0.1, 0.15) is 17.3 Å². The molecular weight excluding hydrogens is 218 g/mol. The Kier molecular flexibility index (Phi) is 2.25. The molecule has 0 radical (unpaired) electrons. The quantitative estimate of drug-likeness (QED) is 0.659. The van der Waals surface area contributed by atoms with Crippen molar-refractivity contribution in [3.63, 3.8) is 0 Å². The number of epoxide rings is 1. The Labute approximate surface area is 102 Å². The van der Waals surface area contributed by atoms with Crippen molar-refractivity contribution in [2.24, 2.45) is 5.92 Å². The van der Waals surface area contributed by atoms with Gasteiger partial charge >= 0.3 is 6.09 Å². The van der Waals surface area contributed by atoms with E-state index in [1.54, 1.807) is 4.90 Å². The summed E-state index contributed by atoms with van der Waals surface area (Å²) < 4.78 is 11.2. The standard InChI is InChI=1S/C13H21NO3/c1-12(2,3)17-11(15)14-7-6-13(9-4-5-9)10(8-14)16-13/h9-10H,4-8H2,1-3H3/t10-,13+/m0/s1. The largest absolute Gasteiger partial charge is 0.444 e. The van der Waals surface area contributed by atoms with Gasteiger partial charge in [-0.1, -0.05) is 0 Å². The Bertz CT molecular complexity index is 345. The fourth-order valence-corrected chi connectivity index (χ4v) is 2.87. The first-order valence-corrected chi connectivity index (χ1v) is 6.56. The van der Waals surface area contributed by atoms with Crippen LogP contribution < -0.4 is 0 Å². The summed E-state index contributed by atoms with van der Waals surface area (Å²) in [5.74, 6) is 0.772. The summed E-state index contributed by atoms with van der Waals surface area (Å²) in [6.45, 7) is 7.19. The van der Waals surface area contributed by atoms with Crippen LogP contribution in [0.1, 0.15) is 40.0 Å². The van der Waals surface area contributed by atoms with Crippen LogP contribution in [0.4, 0.5) is 4.79 Å². The number of hydrogen-bond donors (Lipinski definition) is 0. The third-order valence-electron chi connectivity index (χ3n) is 3.93. The minimum absolute atomic E-state index is 0.151. The number of piperidine rings is 1. The summed E-state index contributed by atoms with van der Waals surface area (Å²) in [7, 11) is 0. The summed E-state index contributed by atoms with van der Waals surface area (Å²) in [4.78, 5) is 13.7. The number of hydrogen-bond acceptors (Lipinski definition) is 3. The van der Waals surface area contributed by atoms with Crippen molar-refractivity contribution in [2.45, 2.75) is 57.3 Å².